The highest BCUT2D eigenvalue weighted by molar-refractivity contribution is 5.89. The molecule has 8 heteroatoms. The molecule has 3 N–H and O–H groups in total. The molecule has 8 nitrogen and oxygen atoms in total. The predicted octanol–water partition coefficient (Wildman–Crippen LogP) is 1.87. The van der Waals surface area contributed by atoms with Gasteiger partial charge in [0.1, 0.15) is 6.04 Å². The predicted molar refractivity (Wildman–Crippen MR) is 108 cm³/mol. The first kappa shape index (κ1) is 20.9. The van der Waals surface area contributed by atoms with Crippen LogP contribution in [0.4, 0.5) is 0 Å². The number of rotatable bonds is 9. The Morgan fingerprint density at radius 1 is 1.31 bits per heavy atom. The van der Waals surface area contributed by atoms with Gasteiger partial charge in [0.2, 0.25) is 11.8 Å². The van der Waals surface area contributed by atoms with Crippen molar-refractivity contribution < 1.29 is 24.2 Å². The molecule has 1 aliphatic heterocycles. The van der Waals surface area contributed by atoms with Gasteiger partial charge in [-0.25, -0.2) is 0 Å². The van der Waals surface area contributed by atoms with Crippen LogP contribution in [0.2, 0.25) is 0 Å². The molecule has 29 heavy (non-hydrogen) atoms. The van der Waals surface area contributed by atoms with E-state index in [4.69, 9.17) is 4.74 Å². The van der Waals surface area contributed by atoms with Crippen LogP contribution in [0.25, 0.3) is 10.9 Å². The Morgan fingerprint density at radius 2 is 2.10 bits per heavy atom. The summed E-state index contributed by atoms with van der Waals surface area (Å²) >= 11 is 0. The molecular formula is C21H27N3O5. The molecule has 1 fully saturated rings. The van der Waals surface area contributed by atoms with E-state index in [1.54, 1.807) is 11.1 Å². The van der Waals surface area contributed by atoms with Crippen molar-refractivity contribution in [3.05, 3.63) is 36.0 Å². The molecule has 0 bridgehead atoms. The van der Waals surface area contributed by atoms with Crippen LogP contribution in [-0.2, 0) is 19.1 Å². The standard InChI is InChI=1S/C21H27N3O5/c1-14(25)24-10-4-7-19(24)20(26)22-9-12-29-11-8-16(21(27)28)17-13-23-18-6-3-2-5-15(17)18/h2-3,5-6,13,16,19,23H,4,7-12H2,1H3,(H,22,26)(H,27,28)/t16?,19-/m0/s1. The maximum absolute atomic E-state index is 12.2. The Bertz CT molecular complexity index is 878. The zero-order valence-corrected chi connectivity index (χ0v) is 16.5. The monoisotopic (exact) mass is 401 g/mol. The van der Waals surface area contributed by atoms with E-state index in [1.807, 2.05) is 24.3 Å². The van der Waals surface area contributed by atoms with Crippen molar-refractivity contribution in [2.24, 2.45) is 0 Å². The van der Waals surface area contributed by atoms with Gasteiger partial charge in [0, 0.05) is 43.7 Å². The first-order chi connectivity index (χ1) is 14.0. The van der Waals surface area contributed by atoms with E-state index >= 15 is 0 Å². The number of hydrogen-bond donors (Lipinski definition) is 3. The molecule has 3 rings (SSSR count). The molecule has 1 unspecified atom stereocenters. The number of likely N-dealkylation sites (tertiary alicyclic amines) is 1. The van der Waals surface area contributed by atoms with Gasteiger partial charge in [0.25, 0.3) is 0 Å². The Kier molecular flexibility index (Phi) is 6.87. The van der Waals surface area contributed by atoms with Crippen LogP contribution in [0.15, 0.2) is 30.5 Å². The Hall–Kier alpha value is -2.87. The highest BCUT2D eigenvalue weighted by atomic mass is 16.5. The van der Waals surface area contributed by atoms with Gasteiger partial charge in [0.15, 0.2) is 0 Å². The number of carbonyl (C=O) groups excluding carboxylic acids is 2. The van der Waals surface area contributed by atoms with E-state index in [2.05, 4.69) is 10.3 Å². The lowest BCUT2D eigenvalue weighted by atomic mass is 9.96. The molecule has 0 radical (unpaired) electrons. The summed E-state index contributed by atoms with van der Waals surface area (Å²) in [7, 11) is 0. The van der Waals surface area contributed by atoms with Crippen LogP contribution in [0.5, 0.6) is 0 Å². The summed E-state index contributed by atoms with van der Waals surface area (Å²) in [5.74, 6) is -1.81. The number of nitrogens with one attached hydrogen (secondary N) is 2. The largest absolute Gasteiger partial charge is 0.481 e. The van der Waals surface area contributed by atoms with Gasteiger partial charge in [0.05, 0.1) is 12.5 Å². The van der Waals surface area contributed by atoms with Crippen molar-refractivity contribution in [2.45, 2.75) is 38.1 Å². The number of aromatic amines is 1. The summed E-state index contributed by atoms with van der Waals surface area (Å²) < 4.78 is 5.54. The molecule has 1 aromatic heterocycles. The summed E-state index contributed by atoms with van der Waals surface area (Å²) in [4.78, 5) is 40.2. The van der Waals surface area contributed by atoms with Crippen molar-refractivity contribution in [2.75, 3.05) is 26.3 Å². The van der Waals surface area contributed by atoms with Crippen molar-refractivity contribution >= 4 is 28.7 Å². The Labute approximate surface area is 169 Å². The molecule has 0 saturated carbocycles. The van der Waals surface area contributed by atoms with E-state index in [0.717, 1.165) is 22.9 Å². The molecule has 1 aromatic carbocycles. The van der Waals surface area contributed by atoms with Crippen molar-refractivity contribution in [1.29, 1.82) is 0 Å². The number of para-hydroxylation sites is 1. The van der Waals surface area contributed by atoms with Gasteiger partial charge in [-0.2, -0.15) is 0 Å². The summed E-state index contributed by atoms with van der Waals surface area (Å²) in [6.07, 6.45) is 3.59. The topological polar surface area (TPSA) is 112 Å². The second-order valence-electron chi connectivity index (χ2n) is 7.24. The number of carboxylic acids is 1. The van der Waals surface area contributed by atoms with E-state index in [9.17, 15) is 19.5 Å². The van der Waals surface area contributed by atoms with Gasteiger partial charge < -0.3 is 25.0 Å². The average Bonchev–Trinajstić information content (AvgIpc) is 3.34. The maximum atomic E-state index is 12.2. The number of hydrogen-bond acceptors (Lipinski definition) is 4. The van der Waals surface area contributed by atoms with Gasteiger partial charge >= 0.3 is 5.97 Å². The molecule has 2 aromatic rings. The lowest BCUT2D eigenvalue weighted by Crippen LogP contribution is -2.45. The fourth-order valence-corrected chi connectivity index (χ4v) is 3.88. The lowest BCUT2D eigenvalue weighted by Gasteiger charge is -2.22. The molecule has 156 valence electrons. The highest BCUT2D eigenvalue weighted by Crippen LogP contribution is 2.28. The number of H-pyrrole nitrogens is 1. The zero-order chi connectivity index (χ0) is 20.8. The molecule has 1 aliphatic rings. The second kappa shape index (κ2) is 9.56. The number of carbonyl (C=O) groups is 3. The van der Waals surface area contributed by atoms with Crippen LogP contribution in [-0.4, -0.2) is 65.1 Å². The van der Waals surface area contributed by atoms with Crippen molar-refractivity contribution in [3.8, 4) is 0 Å². The third kappa shape index (κ3) is 4.95. The second-order valence-corrected chi connectivity index (χ2v) is 7.24. The SMILES string of the molecule is CC(=O)N1CCC[C@H]1C(=O)NCCOCCC(C(=O)O)c1c[nH]c2ccccc12. The van der Waals surface area contributed by atoms with Crippen molar-refractivity contribution in [3.63, 3.8) is 0 Å². The molecule has 0 aliphatic carbocycles. The number of carboxylic acid groups (broad SMARTS) is 1. The van der Waals surface area contributed by atoms with Crippen LogP contribution >= 0.6 is 0 Å². The Balaban J connectivity index is 1.43. The first-order valence-corrected chi connectivity index (χ1v) is 9.90. The summed E-state index contributed by atoms with van der Waals surface area (Å²) in [6.45, 7) is 2.98. The normalized spacial score (nSPS) is 17.4. The Morgan fingerprint density at radius 3 is 2.86 bits per heavy atom. The van der Waals surface area contributed by atoms with E-state index in [-0.39, 0.29) is 18.4 Å². The van der Waals surface area contributed by atoms with Crippen molar-refractivity contribution in [1.82, 2.24) is 15.2 Å². The smallest absolute Gasteiger partial charge is 0.311 e. The number of fused-ring (bicyclic) bond motifs is 1. The molecule has 2 heterocycles. The van der Waals surface area contributed by atoms with Gasteiger partial charge in [-0.15, -0.1) is 0 Å². The molecular weight excluding hydrogens is 374 g/mol. The minimum Gasteiger partial charge on any atom is -0.481 e. The number of nitrogens with zero attached hydrogens (tertiary/aromatic N) is 1. The van der Waals surface area contributed by atoms with E-state index < -0.39 is 17.9 Å². The fourth-order valence-electron chi connectivity index (χ4n) is 3.88. The zero-order valence-electron chi connectivity index (χ0n) is 16.5. The van der Waals surface area contributed by atoms with Gasteiger partial charge in [-0.05, 0) is 30.9 Å². The molecule has 1 saturated heterocycles. The van der Waals surface area contributed by atoms with Gasteiger partial charge in [-0.3, -0.25) is 14.4 Å². The highest BCUT2D eigenvalue weighted by Gasteiger charge is 2.32. The third-order valence-electron chi connectivity index (χ3n) is 5.35. The summed E-state index contributed by atoms with van der Waals surface area (Å²) in [5, 5.41) is 13.3. The molecule has 2 atom stereocenters. The van der Waals surface area contributed by atoms with E-state index in [0.29, 0.717) is 32.5 Å². The lowest BCUT2D eigenvalue weighted by molar-refractivity contribution is -0.139. The average molecular weight is 401 g/mol. The molecule has 2 amide bonds. The fraction of sp³-hybridized carbons (Fsp3) is 0.476. The van der Waals surface area contributed by atoms with Crippen LogP contribution < -0.4 is 5.32 Å². The third-order valence-corrected chi connectivity index (χ3v) is 5.35. The van der Waals surface area contributed by atoms with Crippen LogP contribution in [0.3, 0.4) is 0 Å². The number of amides is 2. The van der Waals surface area contributed by atoms with E-state index in [1.165, 1.54) is 6.92 Å². The number of benzene rings is 1. The molecule has 0 spiro atoms. The van der Waals surface area contributed by atoms with Crippen LogP contribution in [0, 0.1) is 0 Å². The number of aromatic nitrogens is 1. The number of aliphatic carboxylic acids is 1. The summed E-state index contributed by atoms with van der Waals surface area (Å²) in [5.41, 5.74) is 1.65. The maximum Gasteiger partial charge on any atom is 0.311 e. The van der Waals surface area contributed by atoms with Gasteiger partial charge in [-0.1, -0.05) is 18.2 Å². The number of ether oxygens (including phenoxy) is 1. The first-order valence-electron chi connectivity index (χ1n) is 9.90. The minimum absolute atomic E-state index is 0.0871. The quantitative estimate of drug-likeness (QED) is 0.556. The minimum atomic E-state index is -0.891. The van der Waals surface area contributed by atoms with Crippen LogP contribution in [0.1, 0.15) is 37.7 Å². The summed E-state index contributed by atoms with van der Waals surface area (Å²) in [6, 6.07) is 7.20.